The molecule has 9 heteroatoms. The Balaban J connectivity index is 1.51. The molecule has 29 heavy (non-hydrogen) atoms. The van der Waals surface area contributed by atoms with Crippen molar-refractivity contribution in [3.63, 3.8) is 0 Å². The highest BCUT2D eigenvalue weighted by atomic mass is 35.5. The normalized spacial score (nSPS) is 20.8. The molecule has 2 unspecified atom stereocenters. The molecular weight excluding hydrogens is 394 g/mol. The molecule has 4 amide bonds. The van der Waals surface area contributed by atoms with Gasteiger partial charge in [0.15, 0.2) is 0 Å². The first kappa shape index (κ1) is 18.9. The quantitative estimate of drug-likeness (QED) is 0.798. The average Bonchev–Trinajstić information content (AvgIpc) is 3.04. The van der Waals surface area contributed by atoms with Gasteiger partial charge in [0.25, 0.3) is 11.8 Å². The van der Waals surface area contributed by atoms with Crippen LogP contribution >= 0.6 is 11.6 Å². The zero-order valence-corrected chi connectivity index (χ0v) is 16.3. The molecule has 2 aliphatic heterocycles. The number of amides is 4. The van der Waals surface area contributed by atoms with Gasteiger partial charge < -0.3 is 15.5 Å². The fourth-order valence-corrected chi connectivity index (χ4v) is 3.63. The third kappa shape index (κ3) is 3.54. The summed E-state index contributed by atoms with van der Waals surface area (Å²) < 4.78 is 0. The van der Waals surface area contributed by atoms with Crippen LogP contribution in [-0.2, 0) is 16.1 Å². The van der Waals surface area contributed by atoms with Gasteiger partial charge in [-0.05, 0) is 42.0 Å². The van der Waals surface area contributed by atoms with Crippen molar-refractivity contribution in [3.05, 3.63) is 71.2 Å². The zero-order chi connectivity index (χ0) is 20.5. The number of urea groups is 1. The fraction of sp³-hybridized carbons (Fsp3) is 0.200. The molecule has 148 valence electrons. The van der Waals surface area contributed by atoms with Gasteiger partial charge in [-0.25, -0.2) is 9.69 Å². The second-order valence-electron chi connectivity index (χ2n) is 6.81. The van der Waals surface area contributed by atoms with E-state index in [-0.39, 0.29) is 5.91 Å². The topological polar surface area (TPSA) is 94.6 Å². The monoisotopic (exact) mass is 411 g/mol. The van der Waals surface area contributed by atoms with Crippen LogP contribution in [0, 0.1) is 0 Å². The summed E-state index contributed by atoms with van der Waals surface area (Å²) in [6, 6.07) is 8.02. The number of fused-ring (bicyclic) bond motifs is 1. The van der Waals surface area contributed by atoms with E-state index in [1.807, 2.05) is 0 Å². The lowest BCUT2D eigenvalue weighted by atomic mass is 9.99. The summed E-state index contributed by atoms with van der Waals surface area (Å²) in [7, 11) is 1.70. The first-order valence-electron chi connectivity index (χ1n) is 8.96. The Labute approximate surface area is 172 Å². The third-order valence-corrected chi connectivity index (χ3v) is 5.19. The van der Waals surface area contributed by atoms with E-state index in [4.69, 9.17) is 11.6 Å². The number of halogens is 1. The lowest BCUT2D eigenvalue weighted by molar-refractivity contribution is -0.122. The highest BCUT2D eigenvalue weighted by Gasteiger charge is 2.49. The number of imide groups is 1. The Morgan fingerprint density at radius 2 is 1.86 bits per heavy atom. The summed E-state index contributed by atoms with van der Waals surface area (Å²) >= 11 is 5.90. The standard InChI is InChI=1S/C20H18ClN5O3/c1-25-11-15(18(27)23-10-12-6-8-22-9-7-12)16-17(25)19(28)26(20(29)24-16)14-4-2-13(21)3-5-14/h2-9,11,16-17H,10H2,1H3,(H,23,27)(H,24,29). The van der Waals surface area contributed by atoms with Gasteiger partial charge in [0, 0.05) is 37.2 Å². The number of carbonyl (C=O) groups excluding carboxylic acids is 3. The van der Waals surface area contributed by atoms with E-state index in [1.54, 1.807) is 66.9 Å². The van der Waals surface area contributed by atoms with Crippen LogP contribution in [0.4, 0.5) is 10.5 Å². The molecule has 1 saturated heterocycles. The Morgan fingerprint density at radius 3 is 2.55 bits per heavy atom. The zero-order valence-electron chi connectivity index (χ0n) is 15.5. The van der Waals surface area contributed by atoms with Gasteiger partial charge in [-0.15, -0.1) is 0 Å². The molecule has 2 aliphatic rings. The van der Waals surface area contributed by atoms with Crippen molar-refractivity contribution >= 4 is 35.1 Å². The van der Waals surface area contributed by atoms with Crippen LogP contribution in [0.2, 0.25) is 5.02 Å². The molecule has 1 fully saturated rings. The van der Waals surface area contributed by atoms with Crippen molar-refractivity contribution in [3.8, 4) is 0 Å². The Kier molecular flexibility index (Phi) is 4.94. The number of nitrogens with zero attached hydrogens (tertiary/aromatic N) is 3. The summed E-state index contributed by atoms with van der Waals surface area (Å²) in [5.41, 5.74) is 1.65. The van der Waals surface area contributed by atoms with E-state index >= 15 is 0 Å². The smallest absolute Gasteiger partial charge is 0.329 e. The number of nitrogens with one attached hydrogen (secondary N) is 2. The predicted octanol–water partition coefficient (Wildman–Crippen LogP) is 1.67. The third-order valence-electron chi connectivity index (χ3n) is 4.94. The number of likely N-dealkylation sites (N-methyl/N-ethyl adjacent to an activating group) is 1. The largest absolute Gasteiger partial charge is 0.366 e. The van der Waals surface area contributed by atoms with Crippen LogP contribution in [0.5, 0.6) is 0 Å². The molecule has 1 aromatic carbocycles. The van der Waals surface area contributed by atoms with E-state index in [2.05, 4.69) is 15.6 Å². The molecule has 0 saturated carbocycles. The summed E-state index contributed by atoms with van der Waals surface area (Å²) in [6.45, 7) is 0.318. The number of hydrogen-bond acceptors (Lipinski definition) is 5. The van der Waals surface area contributed by atoms with Crippen LogP contribution in [-0.4, -0.2) is 46.9 Å². The second-order valence-corrected chi connectivity index (χ2v) is 7.25. The van der Waals surface area contributed by atoms with Crippen LogP contribution in [0.3, 0.4) is 0 Å². The number of pyridine rings is 1. The van der Waals surface area contributed by atoms with Crippen LogP contribution < -0.4 is 15.5 Å². The van der Waals surface area contributed by atoms with E-state index in [9.17, 15) is 14.4 Å². The lowest BCUT2D eigenvalue weighted by Crippen LogP contribution is -2.65. The highest BCUT2D eigenvalue weighted by Crippen LogP contribution is 2.29. The van der Waals surface area contributed by atoms with Gasteiger partial charge in [0.2, 0.25) is 0 Å². The predicted molar refractivity (Wildman–Crippen MR) is 107 cm³/mol. The van der Waals surface area contributed by atoms with Crippen LogP contribution in [0.25, 0.3) is 0 Å². The van der Waals surface area contributed by atoms with E-state index in [0.717, 1.165) is 10.5 Å². The molecule has 0 spiro atoms. The molecule has 2 aromatic rings. The Morgan fingerprint density at radius 1 is 1.17 bits per heavy atom. The Hall–Kier alpha value is -3.39. The molecule has 0 bridgehead atoms. The highest BCUT2D eigenvalue weighted by molar-refractivity contribution is 6.30. The first-order chi connectivity index (χ1) is 14.0. The minimum Gasteiger partial charge on any atom is -0.366 e. The number of aromatic nitrogens is 1. The molecule has 2 atom stereocenters. The maximum absolute atomic E-state index is 13.1. The molecular formula is C20H18ClN5O3. The maximum Gasteiger partial charge on any atom is 0.329 e. The molecule has 4 rings (SSSR count). The van der Waals surface area contributed by atoms with Crippen LogP contribution in [0.15, 0.2) is 60.6 Å². The van der Waals surface area contributed by atoms with Gasteiger partial charge in [0.05, 0.1) is 17.3 Å². The molecule has 2 N–H and O–H groups in total. The summed E-state index contributed by atoms with van der Waals surface area (Å²) in [5, 5.41) is 6.11. The molecule has 8 nitrogen and oxygen atoms in total. The van der Waals surface area contributed by atoms with E-state index < -0.39 is 24.0 Å². The number of benzene rings is 1. The Bertz CT molecular complexity index is 993. The molecule has 0 aliphatic carbocycles. The molecule has 1 aromatic heterocycles. The van der Waals surface area contributed by atoms with Crippen molar-refractivity contribution in [2.75, 3.05) is 11.9 Å². The summed E-state index contributed by atoms with van der Waals surface area (Å²) in [5.74, 6) is -0.744. The van der Waals surface area contributed by atoms with E-state index in [0.29, 0.717) is 22.8 Å². The minimum atomic E-state index is -0.721. The van der Waals surface area contributed by atoms with E-state index in [1.165, 1.54) is 0 Å². The van der Waals surface area contributed by atoms with Gasteiger partial charge >= 0.3 is 6.03 Å². The minimum absolute atomic E-state index is 0.318. The number of hydrogen-bond donors (Lipinski definition) is 2. The van der Waals surface area contributed by atoms with Gasteiger partial charge in [0.1, 0.15) is 6.04 Å². The maximum atomic E-state index is 13.1. The van der Waals surface area contributed by atoms with Gasteiger partial charge in [-0.2, -0.15) is 0 Å². The van der Waals surface area contributed by atoms with Gasteiger partial charge in [-0.3, -0.25) is 14.6 Å². The number of anilines is 1. The number of carbonyl (C=O) groups is 3. The van der Waals surface area contributed by atoms with Gasteiger partial charge in [-0.1, -0.05) is 11.6 Å². The second kappa shape index (κ2) is 7.56. The van der Waals surface area contributed by atoms with Crippen LogP contribution in [0.1, 0.15) is 5.56 Å². The average molecular weight is 412 g/mol. The number of rotatable bonds is 4. The summed E-state index contributed by atoms with van der Waals surface area (Å²) in [4.78, 5) is 45.1. The lowest BCUT2D eigenvalue weighted by Gasteiger charge is -2.37. The molecule has 3 heterocycles. The first-order valence-corrected chi connectivity index (χ1v) is 9.34. The van der Waals surface area contributed by atoms with Crippen molar-refractivity contribution in [2.45, 2.75) is 18.6 Å². The SMILES string of the molecule is CN1C=C(C(=O)NCc2ccncc2)C2NC(=O)N(c3ccc(Cl)cc3)C(=O)C21. The van der Waals surface area contributed by atoms with Crippen molar-refractivity contribution in [1.29, 1.82) is 0 Å². The molecule has 0 radical (unpaired) electrons. The van der Waals surface area contributed by atoms with Crippen molar-refractivity contribution in [1.82, 2.24) is 20.5 Å². The summed E-state index contributed by atoms with van der Waals surface area (Å²) in [6.07, 6.45) is 4.89. The van der Waals surface area contributed by atoms with Crippen molar-refractivity contribution in [2.24, 2.45) is 0 Å². The fourth-order valence-electron chi connectivity index (χ4n) is 3.51. The van der Waals surface area contributed by atoms with Crippen molar-refractivity contribution < 1.29 is 14.4 Å².